The van der Waals surface area contributed by atoms with Crippen LogP contribution in [0.2, 0.25) is 0 Å². The molecular weight excluding hydrogens is 486 g/mol. The molecule has 7 heteroatoms. The molecule has 1 aromatic rings. The van der Waals surface area contributed by atoms with Gasteiger partial charge in [-0.3, -0.25) is 24.5 Å². The lowest BCUT2D eigenvalue weighted by molar-refractivity contribution is -0.116. The summed E-state index contributed by atoms with van der Waals surface area (Å²) in [5.74, 6) is 7.92. The molecular formula is C32H47N5O2. The Morgan fingerprint density at radius 1 is 1.31 bits per heavy atom. The molecule has 0 fully saturated rings. The summed E-state index contributed by atoms with van der Waals surface area (Å²) in [5, 5.41) is 2.31. The number of nitrogens with two attached hydrogens (primary N) is 1. The van der Waals surface area contributed by atoms with Crippen LogP contribution >= 0.6 is 0 Å². The lowest BCUT2D eigenvalue weighted by Gasteiger charge is -2.41. The first-order valence-corrected chi connectivity index (χ1v) is 14.3. The minimum absolute atomic E-state index is 0.142. The first kappa shape index (κ1) is 32.0. The van der Waals surface area contributed by atoms with Gasteiger partial charge in [-0.2, -0.15) is 0 Å². The Kier molecular flexibility index (Phi) is 13.1. The van der Waals surface area contributed by atoms with Gasteiger partial charge in [0.2, 0.25) is 6.41 Å². The van der Waals surface area contributed by atoms with E-state index >= 15 is 0 Å². The van der Waals surface area contributed by atoms with Crippen molar-refractivity contribution < 1.29 is 9.59 Å². The molecule has 2 atom stereocenters. The maximum absolute atomic E-state index is 12.6. The van der Waals surface area contributed by atoms with Crippen LogP contribution in [0.5, 0.6) is 0 Å². The SMILES string of the molecule is CC/C=C\C=C(/N)NC=O.CCCCCC1(C)N=C(C(C)C)C(=O)CN1CC#Cc1cnc2c(c1)CC(C)C2. The van der Waals surface area contributed by atoms with Gasteiger partial charge in [-0.05, 0) is 68.6 Å². The molecule has 212 valence electrons. The monoisotopic (exact) mass is 533 g/mol. The number of Topliss-reactive ketones (excluding diaryl/α,β-unsaturated/α-hetero) is 1. The van der Waals surface area contributed by atoms with Gasteiger partial charge in [-0.15, -0.1) is 0 Å². The largest absolute Gasteiger partial charge is 0.385 e. The fourth-order valence-electron chi connectivity index (χ4n) is 4.82. The van der Waals surface area contributed by atoms with E-state index < -0.39 is 0 Å². The van der Waals surface area contributed by atoms with Crippen molar-refractivity contribution in [2.45, 2.75) is 92.2 Å². The highest BCUT2D eigenvalue weighted by atomic mass is 16.1. The Labute approximate surface area is 235 Å². The van der Waals surface area contributed by atoms with Gasteiger partial charge < -0.3 is 11.1 Å². The molecule has 0 radical (unpaired) electrons. The van der Waals surface area contributed by atoms with E-state index in [-0.39, 0.29) is 17.4 Å². The van der Waals surface area contributed by atoms with Gasteiger partial charge in [0.15, 0.2) is 5.78 Å². The topological polar surface area (TPSA) is 101 Å². The lowest BCUT2D eigenvalue weighted by atomic mass is 9.94. The Balaban J connectivity index is 0.000000455. The second kappa shape index (κ2) is 16.0. The minimum Gasteiger partial charge on any atom is -0.385 e. The van der Waals surface area contributed by atoms with Crippen molar-refractivity contribution in [3.05, 3.63) is 53.1 Å². The van der Waals surface area contributed by atoms with E-state index in [0.29, 0.717) is 31.2 Å². The number of aliphatic imine (C=N–C) groups is 1. The van der Waals surface area contributed by atoms with Gasteiger partial charge in [0, 0.05) is 17.5 Å². The van der Waals surface area contributed by atoms with E-state index in [1.807, 2.05) is 19.2 Å². The molecule has 0 bridgehead atoms. The second-order valence-electron chi connectivity index (χ2n) is 11.0. The quantitative estimate of drug-likeness (QED) is 0.192. The van der Waals surface area contributed by atoms with Crippen LogP contribution in [0.25, 0.3) is 0 Å². The zero-order valence-electron chi connectivity index (χ0n) is 24.7. The Bertz CT molecular complexity index is 1130. The number of aromatic nitrogens is 1. The Hall–Kier alpha value is -3.24. The number of hydrogen-bond acceptors (Lipinski definition) is 6. The number of carbonyl (C=O) groups is 2. The molecule has 1 amide bonds. The zero-order valence-corrected chi connectivity index (χ0v) is 24.7. The van der Waals surface area contributed by atoms with E-state index in [2.05, 4.69) is 67.7 Å². The normalized spacial score (nSPS) is 21.1. The molecule has 2 heterocycles. The first-order valence-electron chi connectivity index (χ1n) is 14.3. The fourth-order valence-corrected chi connectivity index (χ4v) is 4.82. The number of amides is 1. The maximum atomic E-state index is 12.6. The molecule has 2 aliphatic rings. The molecule has 0 aromatic carbocycles. The van der Waals surface area contributed by atoms with Crippen molar-refractivity contribution in [2.75, 3.05) is 13.1 Å². The maximum Gasteiger partial charge on any atom is 0.212 e. The third kappa shape index (κ3) is 10.1. The summed E-state index contributed by atoms with van der Waals surface area (Å²) in [6, 6.07) is 2.19. The summed E-state index contributed by atoms with van der Waals surface area (Å²) < 4.78 is 0. The third-order valence-corrected chi connectivity index (χ3v) is 7.01. The van der Waals surface area contributed by atoms with Crippen molar-refractivity contribution in [1.82, 2.24) is 15.2 Å². The number of rotatable bonds is 10. The van der Waals surface area contributed by atoms with Gasteiger partial charge in [0.25, 0.3) is 0 Å². The number of carbonyl (C=O) groups excluding carboxylic acids is 2. The average molecular weight is 534 g/mol. The van der Waals surface area contributed by atoms with Crippen molar-refractivity contribution in [2.24, 2.45) is 22.6 Å². The molecule has 3 N–H and O–H groups in total. The smallest absolute Gasteiger partial charge is 0.212 e. The van der Waals surface area contributed by atoms with Gasteiger partial charge in [-0.1, -0.05) is 71.5 Å². The molecule has 39 heavy (non-hydrogen) atoms. The molecule has 7 nitrogen and oxygen atoms in total. The summed E-state index contributed by atoms with van der Waals surface area (Å²) >= 11 is 0. The minimum atomic E-state index is -0.344. The van der Waals surface area contributed by atoms with Gasteiger partial charge in [-0.25, -0.2) is 0 Å². The number of pyridine rings is 1. The Morgan fingerprint density at radius 3 is 2.74 bits per heavy atom. The number of unbranched alkanes of at least 4 members (excludes halogenated alkanes) is 2. The van der Waals surface area contributed by atoms with E-state index in [0.717, 1.165) is 43.4 Å². The lowest BCUT2D eigenvalue weighted by Crippen LogP contribution is -2.54. The molecule has 0 spiro atoms. The summed E-state index contributed by atoms with van der Waals surface area (Å²) in [5.41, 5.74) is 9.23. The van der Waals surface area contributed by atoms with E-state index in [9.17, 15) is 9.59 Å². The van der Waals surface area contributed by atoms with Crippen LogP contribution in [0.4, 0.5) is 0 Å². The van der Waals surface area contributed by atoms with E-state index in [1.165, 1.54) is 24.1 Å². The first-order chi connectivity index (χ1) is 18.6. The molecule has 2 unspecified atom stereocenters. The van der Waals surface area contributed by atoms with Gasteiger partial charge >= 0.3 is 0 Å². The highest BCUT2D eigenvalue weighted by molar-refractivity contribution is 6.41. The number of allylic oxidation sites excluding steroid dienone is 3. The molecule has 1 aromatic heterocycles. The van der Waals surface area contributed by atoms with Crippen molar-refractivity contribution in [1.29, 1.82) is 0 Å². The molecule has 0 saturated heterocycles. The van der Waals surface area contributed by atoms with Gasteiger partial charge in [0.1, 0.15) is 11.5 Å². The van der Waals surface area contributed by atoms with Crippen LogP contribution < -0.4 is 11.1 Å². The van der Waals surface area contributed by atoms with Crippen molar-refractivity contribution in [3.8, 4) is 11.8 Å². The summed E-state index contributed by atoms with van der Waals surface area (Å²) in [6.07, 6.45) is 15.4. The average Bonchev–Trinajstić information content (AvgIpc) is 3.26. The van der Waals surface area contributed by atoms with E-state index in [1.54, 1.807) is 12.2 Å². The van der Waals surface area contributed by atoms with Gasteiger partial charge in [0.05, 0.1) is 18.8 Å². The highest BCUT2D eigenvalue weighted by Gasteiger charge is 2.38. The number of ketones is 1. The van der Waals surface area contributed by atoms with Crippen LogP contribution in [0.1, 0.15) is 90.5 Å². The van der Waals surface area contributed by atoms with Crippen molar-refractivity contribution >= 4 is 17.9 Å². The predicted octanol–water partition coefficient (Wildman–Crippen LogP) is 4.94. The molecule has 0 saturated carbocycles. The standard InChI is InChI=1S/C25H35N3O.C7H12N2O/c1-6-7-8-11-25(5)27-24(18(2)3)23(29)17-28(25)12-9-10-20-15-21-13-19(4)14-22(21)26-16-20;1-2-3-4-5-7(8)9-6-10/h15-16,18-19H,6-8,11-14,17H2,1-5H3;3-6H,2,8H2,1H3,(H,9,10)/b;4-3-,7-5+. The van der Waals surface area contributed by atoms with Crippen LogP contribution in [-0.4, -0.2) is 46.5 Å². The van der Waals surface area contributed by atoms with Crippen LogP contribution in [0, 0.1) is 23.7 Å². The van der Waals surface area contributed by atoms with Crippen molar-refractivity contribution in [3.63, 3.8) is 0 Å². The summed E-state index contributed by atoms with van der Waals surface area (Å²) in [7, 11) is 0. The number of nitrogens with zero attached hydrogens (tertiary/aromatic N) is 3. The van der Waals surface area contributed by atoms with Crippen LogP contribution in [0.15, 0.2) is 41.3 Å². The predicted molar refractivity (Wildman–Crippen MR) is 160 cm³/mol. The van der Waals surface area contributed by atoms with E-state index in [4.69, 9.17) is 10.7 Å². The fraction of sp³-hybridized carbons (Fsp3) is 0.562. The summed E-state index contributed by atoms with van der Waals surface area (Å²) in [4.78, 5) is 34.1. The number of nitrogens with one attached hydrogen (secondary N) is 1. The third-order valence-electron chi connectivity index (χ3n) is 7.01. The Morgan fingerprint density at radius 2 is 2.08 bits per heavy atom. The highest BCUT2D eigenvalue weighted by Crippen LogP contribution is 2.29. The van der Waals surface area contributed by atoms with Crippen LogP contribution in [-0.2, 0) is 22.4 Å². The summed E-state index contributed by atoms with van der Waals surface area (Å²) in [6.45, 7) is 13.7. The van der Waals surface area contributed by atoms with Crippen LogP contribution in [0.3, 0.4) is 0 Å². The number of hydrogen-bond donors (Lipinski definition) is 2. The molecule has 1 aliphatic heterocycles. The zero-order chi connectivity index (χ0) is 28.8. The number of fused-ring (bicyclic) bond motifs is 1. The molecule has 1 aliphatic carbocycles. The molecule has 3 rings (SSSR count). The second-order valence-corrected chi connectivity index (χ2v) is 11.0.